The summed E-state index contributed by atoms with van der Waals surface area (Å²) in [6.07, 6.45) is 4.39. The van der Waals surface area contributed by atoms with Gasteiger partial charge in [0.2, 0.25) is 0 Å². The normalized spacial score (nSPS) is 14.2. The lowest BCUT2D eigenvalue weighted by atomic mass is 10.0. The minimum absolute atomic E-state index is 0.113. The van der Waals surface area contributed by atoms with Gasteiger partial charge < -0.3 is 4.90 Å². The molecule has 0 radical (unpaired) electrons. The molecule has 0 saturated carbocycles. The summed E-state index contributed by atoms with van der Waals surface area (Å²) in [6.45, 7) is 1.36. The molecule has 0 fully saturated rings. The van der Waals surface area contributed by atoms with Crippen LogP contribution in [0.2, 0.25) is 0 Å². The summed E-state index contributed by atoms with van der Waals surface area (Å²) >= 11 is 1.49. The summed E-state index contributed by atoms with van der Waals surface area (Å²) in [5, 5.41) is 2.97. The van der Waals surface area contributed by atoms with Crippen molar-refractivity contribution in [3.05, 3.63) is 58.2 Å². The maximum absolute atomic E-state index is 12.4. The summed E-state index contributed by atoms with van der Waals surface area (Å²) in [7, 11) is 0. The highest BCUT2D eigenvalue weighted by Gasteiger charge is 2.23. The predicted octanol–water partition coefficient (Wildman–Crippen LogP) is 2.89. The zero-order valence-electron chi connectivity index (χ0n) is 11.3. The Kier molecular flexibility index (Phi) is 2.93. The highest BCUT2D eigenvalue weighted by molar-refractivity contribution is 7.12. The molecule has 1 aliphatic heterocycles. The number of hydrogen-bond donors (Lipinski definition) is 0. The first-order valence-corrected chi connectivity index (χ1v) is 7.74. The van der Waals surface area contributed by atoms with E-state index in [2.05, 4.69) is 11.1 Å². The summed E-state index contributed by atoms with van der Waals surface area (Å²) in [6, 6.07) is 7.83. The fourth-order valence-electron chi connectivity index (χ4n) is 2.71. The second-order valence-electron chi connectivity index (χ2n) is 5.12. The molecule has 21 heavy (non-hydrogen) atoms. The Labute approximate surface area is 126 Å². The molecule has 3 aromatic rings. The summed E-state index contributed by atoms with van der Waals surface area (Å²) in [4.78, 5) is 24.0. The molecule has 3 aromatic heterocycles. The molecule has 0 N–H and O–H groups in total. The molecule has 0 atom stereocenters. The summed E-state index contributed by atoms with van der Waals surface area (Å²) < 4.78 is 0. The van der Waals surface area contributed by atoms with Crippen LogP contribution in [-0.2, 0) is 13.0 Å². The lowest BCUT2D eigenvalue weighted by Crippen LogP contribution is -2.36. The third kappa shape index (κ3) is 2.19. The van der Waals surface area contributed by atoms with Gasteiger partial charge in [-0.3, -0.25) is 14.8 Å². The van der Waals surface area contributed by atoms with Crippen molar-refractivity contribution in [3.8, 4) is 0 Å². The van der Waals surface area contributed by atoms with Crippen LogP contribution in [0.25, 0.3) is 10.9 Å². The van der Waals surface area contributed by atoms with E-state index in [9.17, 15) is 4.79 Å². The molecule has 4 nitrogen and oxygen atoms in total. The number of thiophene rings is 1. The van der Waals surface area contributed by atoms with Crippen LogP contribution in [0, 0.1) is 0 Å². The van der Waals surface area contributed by atoms with Crippen LogP contribution < -0.4 is 0 Å². The summed E-state index contributed by atoms with van der Waals surface area (Å²) in [5.41, 5.74) is 3.21. The Morgan fingerprint density at radius 3 is 3.14 bits per heavy atom. The maximum Gasteiger partial charge on any atom is 0.264 e. The van der Waals surface area contributed by atoms with Gasteiger partial charge >= 0.3 is 0 Å². The average Bonchev–Trinajstić information content (AvgIpc) is 3.06. The smallest absolute Gasteiger partial charge is 0.264 e. The van der Waals surface area contributed by atoms with E-state index in [0.717, 1.165) is 40.0 Å². The molecule has 0 bridgehead atoms. The van der Waals surface area contributed by atoms with Gasteiger partial charge in [-0.1, -0.05) is 6.07 Å². The molecular weight excluding hydrogens is 282 g/mol. The van der Waals surface area contributed by atoms with Crippen molar-refractivity contribution in [1.29, 1.82) is 0 Å². The molecule has 104 valence electrons. The lowest BCUT2D eigenvalue weighted by molar-refractivity contribution is 0.0738. The summed E-state index contributed by atoms with van der Waals surface area (Å²) in [5.74, 6) is 0.113. The molecule has 0 aliphatic carbocycles. The molecule has 4 heterocycles. The van der Waals surface area contributed by atoms with Crippen LogP contribution in [0.3, 0.4) is 0 Å². The Balaban J connectivity index is 1.68. The van der Waals surface area contributed by atoms with Gasteiger partial charge in [-0.2, -0.15) is 0 Å². The third-order valence-electron chi connectivity index (χ3n) is 3.78. The van der Waals surface area contributed by atoms with E-state index in [-0.39, 0.29) is 5.91 Å². The van der Waals surface area contributed by atoms with Crippen LogP contribution in [0.15, 0.2) is 42.0 Å². The second kappa shape index (κ2) is 4.93. The van der Waals surface area contributed by atoms with Crippen molar-refractivity contribution in [3.63, 3.8) is 0 Å². The molecule has 0 aromatic carbocycles. The number of fused-ring (bicyclic) bond motifs is 2. The van der Waals surface area contributed by atoms with Crippen LogP contribution in [0.4, 0.5) is 0 Å². The van der Waals surface area contributed by atoms with Crippen molar-refractivity contribution < 1.29 is 4.79 Å². The fraction of sp³-hybridized carbons (Fsp3) is 0.188. The largest absolute Gasteiger partial charge is 0.333 e. The quantitative estimate of drug-likeness (QED) is 0.693. The first-order valence-electron chi connectivity index (χ1n) is 6.86. The molecule has 4 rings (SSSR count). The van der Waals surface area contributed by atoms with Crippen LogP contribution >= 0.6 is 11.3 Å². The van der Waals surface area contributed by atoms with E-state index in [1.807, 2.05) is 34.7 Å². The number of nitrogens with zero attached hydrogens (tertiary/aromatic N) is 3. The fourth-order valence-corrected chi connectivity index (χ4v) is 3.40. The second-order valence-corrected chi connectivity index (χ2v) is 6.06. The minimum atomic E-state index is 0.113. The molecule has 0 unspecified atom stereocenters. The SMILES string of the molecule is O=C(c1cccs1)N1CCc2nc3ccncc3cc2C1. The number of amides is 1. The van der Waals surface area contributed by atoms with Gasteiger partial charge in [-0.05, 0) is 29.1 Å². The molecule has 0 spiro atoms. The molecule has 1 aliphatic rings. The van der Waals surface area contributed by atoms with E-state index in [4.69, 9.17) is 4.98 Å². The zero-order chi connectivity index (χ0) is 14.2. The Morgan fingerprint density at radius 2 is 2.29 bits per heavy atom. The Bertz CT molecular complexity index is 814. The van der Waals surface area contributed by atoms with E-state index in [1.165, 1.54) is 11.3 Å². The third-order valence-corrected chi connectivity index (χ3v) is 4.64. The van der Waals surface area contributed by atoms with E-state index < -0.39 is 0 Å². The predicted molar refractivity (Wildman–Crippen MR) is 82.3 cm³/mol. The number of pyridine rings is 2. The molecule has 5 heteroatoms. The van der Waals surface area contributed by atoms with Gasteiger partial charge in [0.15, 0.2) is 0 Å². The van der Waals surface area contributed by atoms with Gasteiger partial charge in [0.05, 0.1) is 10.4 Å². The Hall–Kier alpha value is -2.27. The van der Waals surface area contributed by atoms with Crippen molar-refractivity contribution in [2.75, 3.05) is 6.54 Å². The zero-order valence-corrected chi connectivity index (χ0v) is 12.1. The van der Waals surface area contributed by atoms with Crippen molar-refractivity contribution in [2.24, 2.45) is 0 Å². The van der Waals surface area contributed by atoms with Crippen molar-refractivity contribution in [2.45, 2.75) is 13.0 Å². The number of carbonyl (C=O) groups excluding carboxylic acids is 1. The first kappa shape index (κ1) is 12.5. The number of hydrogen-bond acceptors (Lipinski definition) is 4. The lowest BCUT2D eigenvalue weighted by Gasteiger charge is -2.28. The number of rotatable bonds is 1. The minimum Gasteiger partial charge on any atom is -0.333 e. The molecule has 1 amide bonds. The van der Waals surface area contributed by atoms with Crippen LogP contribution in [0.1, 0.15) is 20.9 Å². The molecule has 0 saturated heterocycles. The van der Waals surface area contributed by atoms with Crippen LogP contribution in [0.5, 0.6) is 0 Å². The molecular formula is C16H13N3OS. The first-order chi connectivity index (χ1) is 10.3. The number of aromatic nitrogens is 2. The van der Waals surface area contributed by atoms with E-state index >= 15 is 0 Å². The van der Waals surface area contributed by atoms with Gasteiger partial charge in [0, 0.05) is 43.0 Å². The topological polar surface area (TPSA) is 46.1 Å². The van der Waals surface area contributed by atoms with Crippen molar-refractivity contribution >= 4 is 28.1 Å². The van der Waals surface area contributed by atoms with Gasteiger partial charge in [0.1, 0.15) is 0 Å². The van der Waals surface area contributed by atoms with Crippen molar-refractivity contribution in [1.82, 2.24) is 14.9 Å². The number of carbonyl (C=O) groups is 1. The highest BCUT2D eigenvalue weighted by atomic mass is 32.1. The monoisotopic (exact) mass is 295 g/mol. The van der Waals surface area contributed by atoms with E-state index in [0.29, 0.717) is 6.54 Å². The van der Waals surface area contributed by atoms with Crippen LogP contribution in [-0.4, -0.2) is 27.3 Å². The highest BCUT2D eigenvalue weighted by Crippen LogP contribution is 2.23. The van der Waals surface area contributed by atoms with Gasteiger partial charge in [-0.25, -0.2) is 0 Å². The maximum atomic E-state index is 12.4. The van der Waals surface area contributed by atoms with Gasteiger partial charge in [-0.15, -0.1) is 11.3 Å². The average molecular weight is 295 g/mol. The van der Waals surface area contributed by atoms with E-state index in [1.54, 1.807) is 6.20 Å². The van der Waals surface area contributed by atoms with Gasteiger partial charge in [0.25, 0.3) is 5.91 Å². The Morgan fingerprint density at radius 1 is 1.33 bits per heavy atom. The standard InChI is InChI=1S/C16H13N3OS/c20-16(15-2-1-7-21-15)19-6-4-14-12(10-19)8-11-9-17-5-3-13(11)18-14/h1-3,5,7-9H,4,6,10H2.